The predicted molar refractivity (Wildman–Crippen MR) is 134 cm³/mol. The Morgan fingerprint density at radius 1 is 0.912 bits per heavy atom. The summed E-state index contributed by atoms with van der Waals surface area (Å²) in [5, 5.41) is 0. The fraction of sp³-hybridized carbons (Fsp3) is 0.533. The van der Waals surface area contributed by atoms with E-state index in [4.69, 9.17) is 9.47 Å². The normalized spacial score (nSPS) is 25.5. The highest BCUT2D eigenvalue weighted by atomic mass is 19.2. The third-order valence-electron chi connectivity index (χ3n) is 7.77. The van der Waals surface area contributed by atoms with Gasteiger partial charge in [0.25, 0.3) is 0 Å². The number of hydrogen-bond acceptors (Lipinski definition) is 2. The van der Waals surface area contributed by atoms with E-state index in [0.717, 1.165) is 25.4 Å². The van der Waals surface area contributed by atoms with Crippen molar-refractivity contribution in [1.82, 2.24) is 0 Å². The summed E-state index contributed by atoms with van der Waals surface area (Å²) in [5.74, 6) is 0.220. The molecule has 2 unspecified atom stereocenters. The van der Waals surface area contributed by atoms with E-state index in [2.05, 4.69) is 31.2 Å². The van der Waals surface area contributed by atoms with Crippen LogP contribution in [0.5, 0.6) is 5.75 Å². The maximum Gasteiger partial charge on any atom is 0.201 e. The van der Waals surface area contributed by atoms with E-state index in [-0.39, 0.29) is 11.3 Å². The Morgan fingerprint density at radius 3 is 2.29 bits per heavy atom. The van der Waals surface area contributed by atoms with Gasteiger partial charge in [-0.05, 0) is 106 Å². The lowest BCUT2D eigenvalue weighted by Gasteiger charge is -2.38. The van der Waals surface area contributed by atoms with E-state index >= 15 is 0 Å². The number of halogens is 2. The zero-order valence-corrected chi connectivity index (χ0v) is 20.6. The number of rotatable bonds is 8. The van der Waals surface area contributed by atoms with Crippen molar-refractivity contribution in [3.05, 3.63) is 65.7 Å². The first-order valence-corrected chi connectivity index (χ1v) is 13.0. The molecule has 0 bridgehead atoms. The van der Waals surface area contributed by atoms with Crippen molar-refractivity contribution in [3.63, 3.8) is 0 Å². The largest absolute Gasteiger partial charge is 0.491 e. The van der Waals surface area contributed by atoms with Gasteiger partial charge in [-0.15, -0.1) is 0 Å². The second-order valence-corrected chi connectivity index (χ2v) is 9.85. The average molecular weight is 469 g/mol. The highest BCUT2D eigenvalue weighted by Gasteiger charge is 2.31. The minimum absolute atomic E-state index is 0.0373. The fourth-order valence-corrected chi connectivity index (χ4v) is 5.76. The molecule has 2 aliphatic rings. The van der Waals surface area contributed by atoms with Crippen LogP contribution in [0.2, 0.25) is 0 Å². The van der Waals surface area contributed by atoms with E-state index in [1.807, 2.05) is 12.1 Å². The third-order valence-corrected chi connectivity index (χ3v) is 7.77. The lowest BCUT2D eigenvalue weighted by molar-refractivity contribution is -0.0401. The maximum atomic E-state index is 14.6. The number of benzene rings is 2. The van der Waals surface area contributed by atoms with E-state index in [1.54, 1.807) is 13.0 Å². The molecule has 2 aromatic carbocycles. The molecule has 0 amide bonds. The molecule has 0 radical (unpaired) electrons. The molecule has 2 nitrogen and oxygen atoms in total. The van der Waals surface area contributed by atoms with Crippen molar-refractivity contribution >= 4 is 0 Å². The van der Waals surface area contributed by atoms with Crippen LogP contribution in [-0.2, 0) is 4.74 Å². The molecule has 1 aliphatic carbocycles. The van der Waals surface area contributed by atoms with Gasteiger partial charge in [0, 0.05) is 5.56 Å². The first-order chi connectivity index (χ1) is 16.6. The van der Waals surface area contributed by atoms with Gasteiger partial charge < -0.3 is 9.47 Å². The zero-order valence-electron chi connectivity index (χ0n) is 20.6. The smallest absolute Gasteiger partial charge is 0.201 e. The van der Waals surface area contributed by atoms with Crippen LogP contribution in [-0.4, -0.2) is 19.3 Å². The van der Waals surface area contributed by atoms with E-state index in [1.165, 1.54) is 50.2 Å². The van der Waals surface area contributed by atoms with Crippen molar-refractivity contribution in [2.75, 3.05) is 13.2 Å². The Balaban J connectivity index is 1.30. The van der Waals surface area contributed by atoms with Crippen LogP contribution in [0.4, 0.5) is 8.78 Å². The first-order valence-electron chi connectivity index (χ1n) is 13.0. The van der Waals surface area contributed by atoms with Crippen LogP contribution in [0.15, 0.2) is 48.6 Å². The quantitative estimate of drug-likeness (QED) is 0.362. The highest BCUT2D eigenvalue weighted by Crippen LogP contribution is 2.42. The van der Waals surface area contributed by atoms with Crippen molar-refractivity contribution in [2.24, 2.45) is 11.8 Å². The average Bonchev–Trinajstić information content (AvgIpc) is 2.88. The first kappa shape index (κ1) is 24.9. The second-order valence-electron chi connectivity index (χ2n) is 9.85. The van der Waals surface area contributed by atoms with Crippen LogP contribution in [0.25, 0.3) is 11.1 Å². The molecule has 2 aromatic rings. The molecule has 1 saturated heterocycles. The van der Waals surface area contributed by atoms with Crippen LogP contribution in [0, 0.1) is 23.5 Å². The SMILES string of the molecule is C/C=C/CCC1CCC(C2CCC(c3ccc(-c4ccc(OCC)c(F)c4F)cc3)CC2)CO1. The third kappa shape index (κ3) is 5.89. The number of allylic oxidation sites excluding steroid dienone is 2. The lowest BCUT2D eigenvalue weighted by Crippen LogP contribution is -2.32. The summed E-state index contributed by atoms with van der Waals surface area (Å²) in [6.45, 7) is 5.06. The van der Waals surface area contributed by atoms with Crippen LogP contribution in [0.3, 0.4) is 0 Å². The van der Waals surface area contributed by atoms with E-state index in [9.17, 15) is 8.78 Å². The highest BCUT2D eigenvalue weighted by molar-refractivity contribution is 5.65. The predicted octanol–water partition coefficient (Wildman–Crippen LogP) is 8.46. The summed E-state index contributed by atoms with van der Waals surface area (Å²) in [6.07, 6.45) is 14.5. The molecule has 1 aliphatic heterocycles. The molecule has 2 atom stereocenters. The Bertz CT molecular complexity index is 937. The van der Waals surface area contributed by atoms with Gasteiger partial charge in [0.1, 0.15) is 0 Å². The topological polar surface area (TPSA) is 18.5 Å². The maximum absolute atomic E-state index is 14.6. The van der Waals surface area contributed by atoms with Crippen LogP contribution < -0.4 is 4.74 Å². The van der Waals surface area contributed by atoms with Crippen molar-refractivity contribution in [1.29, 1.82) is 0 Å². The molecule has 2 fully saturated rings. The molecular formula is C30H38F2O2. The minimum atomic E-state index is -0.919. The molecule has 4 rings (SSSR count). The summed E-state index contributed by atoms with van der Waals surface area (Å²) in [5.41, 5.74) is 2.27. The van der Waals surface area contributed by atoms with Gasteiger partial charge in [-0.25, -0.2) is 4.39 Å². The Labute approximate surface area is 203 Å². The zero-order chi connectivity index (χ0) is 23.9. The van der Waals surface area contributed by atoms with E-state index in [0.29, 0.717) is 30.1 Å². The lowest BCUT2D eigenvalue weighted by atomic mass is 9.72. The number of ether oxygens (including phenoxy) is 2. The summed E-state index contributed by atoms with van der Waals surface area (Å²) >= 11 is 0. The summed E-state index contributed by atoms with van der Waals surface area (Å²) in [4.78, 5) is 0. The van der Waals surface area contributed by atoms with Gasteiger partial charge in [0.05, 0.1) is 19.3 Å². The molecule has 184 valence electrons. The molecule has 0 spiro atoms. The molecule has 0 N–H and O–H groups in total. The molecule has 0 aromatic heterocycles. The Morgan fingerprint density at radius 2 is 1.65 bits per heavy atom. The van der Waals surface area contributed by atoms with Gasteiger partial charge in [-0.1, -0.05) is 36.4 Å². The summed E-state index contributed by atoms with van der Waals surface area (Å²) < 4.78 is 40.2. The van der Waals surface area contributed by atoms with Crippen molar-refractivity contribution in [3.8, 4) is 16.9 Å². The minimum Gasteiger partial charge on any atom is -0.491 e. The van der Waals surface area contributed by atoms with Gasteiger partial charge in [0.15, 0.2) is 11.6 Å². The monoisotopic (exact) mass is 468 g/mol. The van der Waals surface area contributed by atoms with Crippen LogP contribution >= 0.6 is 0 Å². The molecule has 4 heteroatoms. The summed E-state index contributed by atoms with van der Waals surface area (Å²) in [7, 11) is 0. The number of hydrogen-bond donors (Lipinski definition) is 0. The van der Waals surface area contributed by atoms with Gasteiger partial charge in [-0.3, -0.25) is 0 Å². The Hall–Kier alpha value is -2.20. The Kier molecular flexibility index (Phi) is 8.77. The molecule has 1 saturated carbocycles. The molecule has 1 heterocycles. The second kappa shape index (κ2) is 12.0. The van der Waals surface area contributed by atoms with E-state index < -0.39 is 11.6 Å². The van der Waals surface area contributed by atoms with Gasteiger partial charge in [0.2, 0.25) is 5.82 Å². The fourth-order valence-electron chi connectivity index (χ4n) is 5.76. The van der Waals surface area contributed by atoms with Crippen molar-refractivity contribution < 1.29 is 18.3 Å². The van der Waals surface area contributed by atoms with Crippen molar-refractivity contribution in [2.45, 2.75) is 77.2 Å². The molecular weight excluding hydrogens is 430 g/mol. The standard InChI is InChI=1S/C30H38F2O2/c1-3-5-6-7-26-17-16-25(20-34-26)23-10-8-21(9-11-23)22-12-14-24(15-13-22)27-18-19-28(33-4-2)30(32)29(27)31/h3,5,12-15,18-19,21,23,25-26H,4,6-11,16-17,20H2,1-2H3/b5-3+. The molecule has 34 heavy (non-hydrogen) atoms. The van der Waals surface area contributed by atoms with Crippen LogP contribution in [0.1, 0.15) is 76.7 Å². The van der Waals surface area contributed by atoms with Gasteiger partial charge >= 0.3 is 0 Å². The van der Waals surface area contributed by atoms with Gasteiger partial charge in [-0.2, -0.15) is 4.39 Å². The summed E-state index contributed by atoms with van der Waals surface area (Å²) in [6, 6.07) is 11.1.